The smallest absolute Gasteiger partial charge is 0.255 e. The molecule has 0 saturated heterocycles. The van der Waals surface area contributed by atoms with Gasteiger partial charge in [0, 0.05) is 48.4 Å². The van der Waals surface area contributed by atoms with Crippen LogP contribution in [0.15, 0.2) is 54.9 Å². The first-order chi connectivity index (χ1) is 18.5. The highest BCUT2D eigenvalue weighted by molar-refractivity contribution is 6.44. The molecule has 0 unspecified atom stereocenters. The lowest BCUT2D eigenvalue weighted by Crippen LogP contribution is -2.34. The first-order valence-electron chi connectivity index (χ1n) is 12.6. The van der Waals surface area contributed by atoms with Gasteiger partial charge in [0.05, 0.1) is 52.1 Å². The highest BCUT2D eigenvalue weighted by atomic mass is 35.5. The number of rotatable bonds is 7. The summed E-state index contributed by atoms with van der Waals surface area (Å²) in [7, 11) is 1.55. The number of benzene rings is 2. The summed E-state index contributed by atoms with van der Waals surface area (Å²) in [6.07, 6.45) is 4.01. The van der Waals surface area contributed by atoms with E-state index in [0.29, 0.717) is 64.2 Å². The van der Waals surface area contributed by atoms with E-state index in [1.54, 1.807) is 25.6 Å². The molecule has 0 bridgehead atoms. The molecule has 38 heavy (non-hydrogen) atoms. The molecule has 9 heteroatoms. The SMILES string of the molecule is CCN(CC)c1c(C(=O)N[C@H]2CCOc3ccccc32)cnc2c(-c3cccc(Cl)c3Cl)c(OC)ncc12. The minimum Gasteiger partial charge on any atom is -0.493 e. The number of aromatic nitrogens is 2. The number of nitrogens with zero attached hydrogens (tertiary/aromatic N) is 3. The van der Waals surface area contributed by atoms with Gasteiger partial charge < -0.3 is 19.7 Å². The molecule has 1 amide bonds. The van der Waals surface area contributed by atoms with Crippen molar-refractivity contribution in [2.75, 3.05) is 31.7 Å². The summed E-state index contributed by atoms with van der Waals surface area (Å²) in [5.41, 5.74) is 4.09. The number of ether oxygens (including phenoxy) is 2. The van der Waals surface area contributed by atoms with Crippen LogP contribution in [0.1, 0.15) is 42.2 Å². The molecule has 5 rings (SSSR count). The minimum absolute atomic E-state index is 0.164. The Kier molecular flexibility index (Phi) is 7.58. The predicted octanol–water partition coefficient (Wildman–Crippen LogP) is 6.71. The van der Waals surface area contributed by atoms with Crippen molar-refractivity contribution < 1.29 is 14.3 Å². The number of halogens is 2. The molecular formula is C29H28Cl2N4O3. The summed E-state index contributed by atoms with van der Waals surface area (Å²) in [5, 5.41) is 4.74. The number of amides is 1. The lowest BCUT2D eigenvalue weighted by Gasteiger charge is -2.29. The number of anilines is 1. The van der Waals surface area contributed by atoms with E-state index in [2.05, 4.69) is 29.0 Å². The average Bonchev–Trinajstić information content (AvgIpc) is 2.94. The van der Waals surface area contributed by atoms with Gasteiger partial charge in [-0.05, 0) is 26.0 Å². The van der Waals surface area contributed by atoms with Gasteiger partial charge in [-0.15, -0.1) is 0 Å². The van der Waals surface area contributed by atoms with E-state index in [9.17, 15) is 4.79 Å². The number of carbonyl (C=O) groups is 1. The van der Waals surface area contributed by atoms with E-state index < -0.39 is 0 Å². The Labute approximate surface area is 231 Å². The average molecular weight is 551 g/mol. The molecule has 1 aliphatic heterocycles. The highest BCUT2D eigenvalue weighted by Gasteiger charge is 2.28. The molecule has 1 N–H and O–H groups in total. The van der Waals surface area contributed by atoms with Gasteiger partial charge in [0.15, 0.2) is 0 Å². The van der Waals surface area contributed by atoms with Gasteiger partial charge in [-0.3, -0.25) is 9.78 Å². The Morgan fingerprint density at radius 3 is 2.66 bits per heavy atom. The fraction of sp³-hybridized carbons (Fsp3) is 0.276. The standard InChI is InChI=1S/C29H28Cl2N4O3/c1-4-35(5-2)27-19-15-33-29(37-3)24(18-10-8-11-21(30)25(18)31)26(19)32-16-20(27)28(36)34-22-13-14-38-23-12-7-6-9-17(22)23/h6-12,15-16,22H,4-5,13-14H2,1-3H3,(H,34,36)/t22-/m0/s1. The third-order valence-electron chi connectivity index (χ3n) is 6.85. The summed E-state index contributed by atoms with van der Waals surface area (Å²) in [5.74, 6) is 0.959. The molecular weight excluding hydrogens is 523 g/mol. The molecule has 0 spiro atoms. The number of carbonyl (C=O) groups excluding carboxylic acids is 1. The molecule has 0 saturated carbocycles. The van der Waals surface area contributed by atoms with E-state index >= 15 is 0 Å². The van der Waals surface area contributed by atoms with Crippen LogP contribution in [-0.4, -0.2) is 42.7 Å². The van der Waals surface area contributed by atoms with Gasteiger partial charge in [0.2, 0.25) is 5.88 Å². The number of para-hydroxylation sites is 1. The fourth-order valence-electron chi connectivity index (χ4n) is 5.00. The van der Waals surface area contributed by atoms with E-state index in [1.807, 2.05) is 36.4 Å². The van der Waals surface area contributed by atoms with Crippen molar-refractivity contribution in [3.05, 3.63) is 76.0 Å². The third kappa shape index (κ3) is 4.61. The summed E-state index contributed by atoms with van der Waals surface area (Å²) in [6, 6.07) is 13.0. The Morgan fingerprint density at radius 2 is 1.89 bits per heavy atom. The van der Waals surface area contributed by atoms with E-state index in [0.717, 1.165) is 22.4 Å². The van der Waals surface area contributed by atoms with Gasteiger partial charge in [0.1, 0.15) is 5.75 Å². The van der Waals surface area contributed by atoms with Gasteiger partial charge in [0.25, 0.3) is 5.91 Å². The second kappa shape index (κ2) is 11.1. The van der Waals surface area contributed by atoms with Gasteiger partial charge in [-0.1, -0.05) is 53.5 Å². The molecule has 2 aromatic heterocycles. The molecule has 0 fully saturated rings. The van der Waals surface area contributed by atoms with Crippen molar-refractivity contribution >= 4 is 45.7 Å². The predicted molar refractivity (Wildman–Crippen MR) is 152 cm³/mol. The van der Waals surface area contributed by atoms with Gasteiger partial charge >= 0.3 is 0 Å². The van der Waals surface area contributed by atoms with Crippen molar-refractivity contribution in [3.63, 3.8) is 0 Å². The van der Waals surface area contributed by atoms with E-state index in [4.69, 9.17) is 37.7 Å². The van der Waals surface area contributed by atoms with Gasteiger partial charge in [-0.2, -0.15) is 0 Å². The zero-order chi connectivity index (χ0) is 26.8. The summed E-state index contributed by atoms with van der Waals surface area (Å²) in [4.78, 5) is 25.3. The van der Waals surface area contributed by atoms with Gasteiger partial charge in [-0.25, -0.2) is 4.98 Å². The van der Waals surface area contributed by atoms with Crippen LogP contribution >= 0.6 is 23.2 Å². The first kappa shape index (κ1) is 26.1. The summed E-state index contributed by atoms with van der Waals surface area (Å²) < 4.78 is 11.4. The number of pyridine rings is 2. The minimum atomic E-state index is -0.207. The van der Waals surface area contributed by atoms with Crippen LogP contribution in [0, 0.1) is 0 Å². The molecule has 2 aromatic carbocycles. The van der Waals surface area contributed by atoms with Crippen LogP contribution in [0.2, 0.25) is 10.0 Å². The quantitative estimate of drug-likeness (QED) is 0.275. The van der Waals surface area contributed by atoms with E-state index in [-0.39, 0.29) is 11.9 Å². The lowest BCUT2D eigenvalue weighted by atomic mass is 9.99. The fourth-order valence-corrected chi connectivity index (χ4v) is 5.39. The number of hydrogen-bond donors (Lipinski definition) is 1. The number of nitrogens with one attached hydrogen (secondary N) is 1. The third-order valence-corrected chi connectivity index (χ3v) is 7.67. The molecule has 0 radical (unpaired) electrons. The first-order valence-corrected chi connectivity index (χ1v) is 13.3. The monoisotopic (exact) mass is 550 g/mol. The molecule has 0 aliphatic carbocycles. The Hall–Kier alpha value is -3.55. The maximum atomic E-state index is 13.8. The molecule has 7 nitrogen and oxygen atoms in total. The van der Waals surface area contributed by atoms with Crippen LogP contribution in [0.4, 0.5) is 5.69 Å². The van der Waals surface area contributed by atoms with Crippen molar-refractivity contribution in [3.8, 4) is 22.8 Å². The number of hydrogen-bond acceptors (Lipinski definition) is 6. The van der Waals surface area contributed by atoms with Crippen LogP contribution in [0.3, 0.4) is 0 Å². The summed E-state index contributed by atoms with van der Waals surface area (Å²) in [6.45, 7) is 6.02. The maximum Gasteiger partial charge on any atom is 0.255 e. The second-order valence-electron chi connectivity index (χ2n) is 8.90. The lowest BCUT2D eigenvalue weighted by molar-refractivity contribution is 0.0925. The van der Waals surface area contributed by atoms with Crippen molar-refractivity contribution in [2.45, 2.75) is 26.3 Å². The van der Waals surface area contributed by atoms with Crippen molar-refractivity contribution in [1.29, 1.82) is 0 Å². The topological polar surface area (TPSA) is 76.6 Å². The number of methoxy groups -OCH3 is 1. The Balaban J connectivity index is 1.67. The van der Waals surface area contributed by atoms with Crippen LogP contribution < -0.4 is 19.7 Å². The molecule has 4 aromatic rings. The maximum absolute atomic E-state index is 13.8. The van der Waals surface area contributed by atoms with E-state index in [1.165, 1.54) is 0 Å². The Morgan fingerprint density at radius 1 is 1.11 bits per heavy atom. The van der Waals surface area contributed by atoms with Crippen molar-refractivity contribution in [1.82, 2.24) is 15.3 Å². The largest absolute Gasteiger partial charge is 0.493 e. The normalized spacial score (nSPS) is 14.5. The zero-order valence-electron chi connectivity index (χ0n) is 21.4. The molecule has 1 aliphatic rings. The van der Waals surface area contributed by atoms with Crippen LogP contribution in [-0.2, 0) is 0 Å². The highest BCUT2D eigenvalue weighted by Crippen LogP contribution is 2.43. The summed E-state index contributed by atoms with van der Waals surface area (Å²) >= 11 is 13.0. The molecule has 196 valence electrons. The van der Waals surface area contributed by atoms with Crippen LogP contribution in [0.25, 0.3) is 22.0 Å². The second-order valence-corrected chi connectivity index (χ2v) is 9.69. The molecule has 1 atom stereocenters. The molecule has 3 heterocycles. The zero-order valence-corrected chi connectivity index (χ0v) is 22.9. The van der Waals surface area contributed by atoms with Crippen molar-refractivity contribution in [2.24, 2.45) is 0 Å². The number of fused-ring (bicyclic) bond motifs is 2. The Bertz CT molecular complexity index is 1510. The van der Waals surface area contributed by atoms with Crippen LogP contribution in [0.5, 0.6) is 11.6 Å².